The summed E-state index contributed by atoms with van der Waals surface area (Å²) in [7, 11) is 1.63. The first kappa shape index (κ1) is 22.2. The van der Waals surface area contributed by atoms with E-state index in [9.17, 15) is 4.79 Å². The summed E-state index contributed by atoms with van der Waals surface area (Å²) < 4.78 is 12.9. The van der Waals surface area contributed by atoms with Crippen LogP contribution in [0, 0.1) is 5.92 Å². The van der Waals surface area contributed by atoms with Crippen LogP contribution in [0.3, 0.4) is 0 Å². The Morgan fingerprint density at radius 3 is 2.70 bits per heavy atom. The van der Waals surface area contributed by atoms with Gasteiger partial charge in [-0.25, -0.2) is 0 Å². The molecule has 30 heavy (non-hydrogen) atoms. The SMILES string of the molecule is C=CCn1c(COc2ccc(OC)cc2)nnc1SCC(=O)N[C@@H]1CCCC[C@@H]1C. The van der Waals surface area contributed by atoms with Crippen LogP contribution in [0.15, 0.2) is 42.1 Å². The van der Waals surface area contributed by atoms with E-state index in [1.165, 1.54) is 31.0 Å². The molecule has 1 aromatic carbocycles. The van der Waals surface area contributed by atoms with Crippen molar-refractivity contribution in [1.82, 2.24) is 20.1 Å². The molecule has 162 valence electrons. The van der Waals surface area contributed by atoms with Crippen molar-refractivity contribution in [3.63, 3.8) is 0 Å². The molecule has 0 unspecified atom stereocenters. The maximum atomic E-state index is 12.4. The molecule has 1 aromatic heterocycles. The number of hydrogen-bond donors (Lipinski definition) is 1. The Morgan fingerprint density at radius 1 is 1.27 bits per heavy atom. The van der Waals surface area contributed by atoms with Crippen molar-refractivity contribution >= 4 is 17.7 Å². The maximum absolute atomic E-state index is 12.4. The van der Waals surface area contributed by atoms with Gasteiger partial charge < -0.3 is 14.8 Å². The summed E-state index contributed by atoms with van der Waals surface area (Å²) in [4.78, 5) is 12.4. The van der Waals surface area contributed by atoms with Gasteiger partial charge in [-0.05, 0) is 43.0 Å². The van der Waals surface area contributed by atoms with Gasteiger partial charge in [0.25, 0.3) is 0 Å². The van der Waals surface area contributed by atoms with E-state index >= 15 is 0 Å². The summed E-state index contributed by atoms with van der Waals surface area (Å²) in [6.07, 6.45) is 6.48. The fraction of sp³-hybridized carbons (Fsp3) is 0.500. The van der Waals surface area contributed by atoms with Gasteiger partial charge in [-0.1, -0.05) is 37.6 Å². The van der Waals surface area contributed by atoms with Gasteiger partial charge in [0, 0.05) is 12.6 Å². The lowest BCUT2D eigenvalue weighted by Gasteiger charge is -2.29. The van der Waals surface area contributed by atoms with Crippen molar-refractivity contribution in [2.24, 2.45) is 5.92 Å². The molecule has 1 heterocycles. The second-order valence-corrected chi connectivity index (χ2v) is 8.43. The van der Waals surface area contributed by atoms with E-state index in [-0.39, 0.29) is 18.6 Å². The number of nitrogens with zero attached hydrogens (tertiary/aromatic N) is 3. The van der Waals surface area contributed by atoms with E-state index in [2.05, 4.69) is 29.0 Å². The Labute approximate surface area is 182 Å². The highest BCUT2D eigenvalue weighted by Crippen LogP contribution is 2.24. The molecule has 1 saturated carbocycles. The summed E-state index contributed by atoms with van der Waals surface area (Å²) in [6.45, 7) is 6.86. The molecule has 1 aliphatic carbocycles. The van der Waals surface area contributed by atoms with Crippen LogP contribution in [0.25, 0.3) is 0 Å². The molecule has 1 N–H and O–H groups in total. The number of nitrogens with one attached hydrogen (secondary N) is 1. The molecule has 8 heteroatoms. The number of methoxy groups -OCH3 is 1. The minimum absolute atomic E-state index is 0.0444. The van der Waals surface area contributed by atoms with Crippen molar-refractivity contribution in [2.75, 3.05) is 12.9 Å². The minimum Gasteiger partial charge on any atom is -0.497 e. The third kappa shape index (κ3) is 6.01. The van der Waals surface area contributed by atoms with Crippen LogP contribution in [0.1, 0.15) is 38.4 Å². The Bertz CT molecular complexity index is 837. The number of hydrogen-bond acceptors (Lipinski definition) is 6. The molecule has 0 spiro atoms. The number of benzene rings is 1. The zero-order valence-electron chi connectivity index (χ0n) is 17.7. The predicted octanol–water partition coefficient (Wildman–Crippen LogP) is 3.84. The van der Waals surface area contributed by atoms with E-state index in [0.29, 0.717) is 29.2 Å². The number of carbonyl (C=O) groups is 1. The number of amides is 1. The minimum atomic E-state index is 0.0444. The molecule has 1 aliphatic rings. The number of allylic oxidation sites excluding steroid dienone is 1. The number of ether oxygens (including phenoxy) is 2. The lowest BCUT2D eigenvalue weighted by Crippen LogP contribution is -2.41. The smallest absolute Gasteiger partial charge is 0.230 e. The van der Waals surface area contributed by atoms with Gasteiger partial charge in [0.15, 0.2) is 11.0 Å². The van der Waals surface area contributed by atoms with Crippen LogP contribution in [-0.2, 0) is 17.9 Å². The average molecular weight is 431 g/mol. The molecule has 1 amide bonds. The van der Waals surface area contributed by atoms with E-state index in [1.807, 2.05) is 28.8 Å². The van der Waals surface area contributed by atoms with Crippen LogP contribution in [0.2, 0.25) is 0 Å². The molecule has 2 atom stereocenters. The molecule has 3 rings (SSSR count). The van der Waals surface area contributed by atoms with Crippen molar-refractivity contribution in [2.45, 2.75) is 57.0 Å². The normalized spacial score (nSPS) is 18.6. The number of thioether (sulfide) groups is 1. The molecule has 0 radical (unpaired) electrons. The van der Waals surface area contributed by atoms with E-state index in [1.54, 1.807) is 13.2 Å². The van der Waals surface area contributed by atoms with Crippen molar-refractivity contribution in [3.8, 4) is 11.5 Å². The fourth-order valence-corrected chi connectivity index (χ4v) is 4.35. The number of carbonyl (C=O) groups excluding carboxylic acids is 1. The van der Waals surface area contributed by atoms with Gasteiger partial charge in [-0.15, -0.1) is 16.8 Å². The summed E-state index contributed by atoms with van der Waals surface area (Å²) in [5.74, 6) is 3.09. The molecule has 2 aromatic rings. The Morgan fingerprint density at radius 2 is 2.00 bits per heavy atom. The van der Waals surface area contributed by atoms with Gasteiger partial charge in [0.05, 0.1) is 12.9 Å². The molecule has 0 aliphatic heterocycles. The Hall–Kier alpha value is -2.48. The quantitative estimate of drug-likeness (QED) is 0.456. The van der Waals surface area contributed by atoms with E-state index < -0.39 is 0 Å². The lowest BCUT2D eigenvalue weighted by atomic mass is 9.86. The van der Waals surface area contributed by atoms with Crippen LogP contribution < -0.4 is 14.8 Å². The highest BCUT2D eigenvalue weighted by atomic mass is 32.2. The maximum Gasteiger partial charge on any atom is 0.230 e. The summed E-state index contributed by atoms with van der Waals surface area (Å²) >= 11 is 1.39. The van der Waals surface area contributed by atoms with Crippen LogP contribution in [0.4, 0.5) is 0 Å². The summed E-state index contributed by atoms with van der Waals surface area (Å²) in [5.41, 5.74) is 0. The monoisotopic (exact) mass is 430 g/mol. The average Bonchev–Trinajstić information content (AvgIpc) is 3.14. The second-order valence-electron chi connectivity index (χ2n) is 7.49. The molecule has 0 saturated heterocycles. The predicted molar refractivity (Wildman–Crippen MR) is 118 cm³/mol. The van der Waals surface area contributed by atoms with Crippen LogP contribution in [-0.4, -0.2) is 39.6 Å². The van der Waals surface area contributed by atoms with Crippen LogP contribution in [0.5, 0.6) is 11.5 Å². The molecule has 7 nitrogen and oxygen atoms in total. The first-order valence-electron chi connectivity index (χ1n) is 10.3. The highest BCUT2D eigenvalue weighted by molar-refractivity contribution is 7.99. The van der Waals surface area contributed by atoms with Crippen molar-refractivity contribution < 1.29 is 14.3 Å². The van der Waals surface area contributed by atoms with Gasteiger partial charge in [0.1, 0.15) is 18.1 Å². The van der Waals surface area contributed by atoms with Gasteiger partial charge in [-0.3, -0.25) is 9.36 Å². The van der Waals surface area contributed by atoms with Crippen LogP contribution >= 0.6 is 11.8 Å². The molecular weight excluding hydrogens is 400 g/mol. The summed E-state index contributed by atoms with van der Waals surface area (Å²) in [5, 5.41) is 12.4. The fourth-order valence-electron chi connectivity index (χ4n) is 3.57. The molecule has 1 fully saturated rings. The van der Waals surface area contributed by atoms with Gasteiger partial charge >= 0.3 is 0 Å². The van der Waals surface area contributed by atoms with Gasteiger partial charge in [0.2, 0.25) is 5.91 Å². The first-order chi connectivity index (χ1) is 14.6. The standard InChI is InChI=1S/C22H30N4O3S/c1-4-13-26-20(14-29-18-11-9-17(28-3)10-12-18)24-25-22(26)30-15-21(27)23-19-8-6-5-7-16(19)2/h4,9-12,16,19H,1,5-8,13-15H2,2-3H3,(H,23,27)/t16-,19+/m0/s1. The van der Waals surface area contributed by atoms with Crippen molar-refractivity contribution in [3.05, 3.63) is 42.7 Å². The zero-order valence-corrected chi connectivity index (χ0v) is 18.5. The van der Waals surface area contributed by atoms with Gasteiger partial charge in [-0.2, -0.15) is 0 Å². The topological polar surface area (TPSA) is 78.3 Å². The largest absolute Gasteiger partial charge is 0.497 e. The Kier molecular flexibility index (Phi) is 8.19. The molecule has 0 bridgehead atoms. The Balaban J connectivity index is 1.56. The second kappa shape index (κ2) is 11.1. The van der Waals surface area contributed by atoms with Crippen molar-refractivity contribution in [1.29, 1.82) is 0 Å². The molecular formula is C22H30N4O3S. The zero-order chi connectivity index (χ0) is 21.3. The summed E-state index contributed by atoms with van der Waals surface area (Å²) in [6, 6.07) is 7.66. The number of aromatic nitrogens is 3. The van der Waals surface area contributed by atoms with E-state index in [0.717, 1.165) is 17.9 Å². The third-order valence-corrected chi connectivity index (χ3v) is 6.29. The number of rotatable bonds is 10. The first-order valence-corrected chi connectivity index (χ1v) is 11.3. The highest BCUT2D eigenvalue weighted by Gasteiger charge is 2.23. The van der Waals surface area contributed by atoms with E-state index in [4.69, 9.17) is 9.47 Å². The third-order valence-electron chi connectivity index (χ3n) is 5.32. The lowest BCUT2D eigenvalue weighted by molar-refractivity contribution is -0.119.